The van der Waals surface area contributed by atoms with Gasteiger partial charge in [-0.25, -0.2) is 14.1 Å². The van der Waals surface area contributed by atoms with Crippen LogP contribution in [-0.2, 0) is 0 Å². The summed E-state index contributed by atoms with van der Waals surface area (Å²) in [6.45, 7) is 0. The predicted molar refractivity (Wildman–Crippen MR) is 87.4 cm³/mol. The third-order valence-corrected chi connectivity index (χ3v) is 3.59. The lowest BCUT2D eigenvalue weighted by Gasteiger charge is -2.09. The number of carbonyl (C=O) groups excluding carboxylic acids is 1. The van der Waals surface area contributed by atoms with E-state index in [1.54, 1.807) is 0 Å². The molecule has 0 atom stereocenters. The Labute approximate surface area is 145 Å². The molecule has 2 aromatic carbocycles. The van der Waals surface area contributed by atoms with Crippen LogP contribution in [0.3, 0.4) is 0 Å². The van der Waals surface area contributed by atoms with Gasteiger partial charge in [0.15, 0.2) is 5.82 Å². The maximum absolute atomic E-state index is 14.1. The highest BCUT2D eigenvalue weighted by Crippen LogP contribution is 2.24. The number of non-ortho nitro benzene ring substituents is 1. The topological polar surface area (TPSA) is 103 Å². The van der Waals surface area contributed by atoms with Crippen molar-refractivity contribution in [2.75, 3.05) is 5.32 Å². The molecule has 25 heavy (non-hydrogen) atoms. The smallest absolute Gasteiger partial charge is 0.270 e. The van der Waals surface area contributed by atoms with Crippen molar-refractivity contribution in [3.63, 3.8) is 0 Å². The molecule has 1 amide bonds. The lowest BCUT2D eigenvalue weighted by molar-refractivity contribution is -0.384. The van der Waals surface area contributed by atoms with Crippen LogP contribution in [0.1, 0.15) is 10.4 Å². The molecule has 0 saturated heterocycles. The summed E-state index contributed by atoms with van der Waals surface area (Å²) in [5, 5.41) is 16.9. The predicted octanol–water partition coefficient (Wildman–Crippen LogP) is 3.22. The number of nitrogens with one attached hydrogen (secondary N) is 1. The number of rotatable bonds is 4. The summed E-state index contributed by atoms with van der Waals surface area (Å²) in [5.74, 6) is -1.23. The van der Waals surface area contributed by atoms with Gasteiger partial charge in [-0.05, 0) is 24.3 Å². The van der Waals surface area contributed by atoms with Gasteiger partial charge in [0.2, 0.25) is 0 Å². The van der Waals surface area contributed by atoms with Gasteiger partial charge >= 0.3 is 0 Å². The number of hydrogen-bond donors (Lipinski definition) is 1. The molecule has 0 saturated carbocycles. The molecule has 0 aliphatic rings. The third kappa shape index (κ3) is 3.45. The molecule has 0 aliphatic carbocycles. The molecule has 1 heterocycles. The number of carbonyl (C=O) groups is 1. The van der Waals surface area contributed by atoms with Gasteiger partial charge in [0, 0.05) is 17.8 Å². The Balaban J connectivity index is 1.82. The summed E-state index contributed by atoms with van der Waals surface area (Å²) >= 11 is 5.90. The molecule has 0 unspecified atom stereocenters. The molecule has 0 fully saturated rings. The molecular weight excluding hydrogens is 353 g/mol. The highest BCUT2D eigenvalue weighted by Gasteiger charge is 2.16. The fourth-order valence-electron chi connectivity index (χ4n) is 2.10. The summed E-state index contributed by atoms with van der Waals surface area (Å²) in [6, 6.07) is 7.50. The monoisotopic (exact) mass is 361 g/mol. The van der Waals surface area contributed by atoms with E-state index in [2.05, 4.69) is 15.4 Å². The van der Waals surface area contributed by atoms with Crippen LogP contribution < -0.4 is 5.32 Å². The maximum atomic E-state index is 14.1. The first-order valence-electron chi connectivity index (χ1n) is 6.85. The van der Waals surface area contributed by atoms with Crippen LogP contribution >= 0.6 is 11.6 Å². The van der Waals surface area contributed by atoms with Crippen molar-refractivity contribution in [2.24, 2.45) is 0 Å². The second kappa shape index (κ2) is 6.65. The van der Waals surface area contributed by atoms with Crippen molar-refractivity contribution >= 4 is 28.9 Å². The van der Waals surface area contributed by atoms with Crippen molar-refractivity contribution in [1.82, 2.24) is 14.8 Å². The Morgan fingerprint density at radius 2 is 2.08 bits per heavy atom. The van der Waals surface area contributed by atoms with Gasteiger partial charge in [-0.2, -0.15) is 5.10 Å². The van der Waals surface area contributed by atoms with Crippen molar-refractivity contribution in [2.45, 2.75) is 0 Å². The number of hydrogen-bond acceptors (Lipinski definition) is 5. The minimum Gasteiger partial charge on any atom is -0.322 e. The molecule has 3 aromatic rings. The third-order valence-electron chi connectivity index (χ3n) is 3.28. The van der Waals surface area contributed by atoms with E-state index in [-0.39, 0.29) is 27.6 Å². The first kappa shape index (κ1) is 16.5. The van der Waals surface area contributed by atoms with Crippen molar-refractivity contribution in [3.05, 3.63) is 75.6 Å². The molecule has 0 spiro atoms. The van der Waals surface area contributed by atoms with E-state index in [4.69, 9.17) is 11.6 Å². The molecule has 126 valence electrons. The van der Waals surface area contributed by atoms with Crippen LogP contribution in [0.15, 0.2) is 49.1 Å². The number of nitrogens with zero attached hydrogens (tertiary/aromatic N) is 4. The lowest BCUT2D eigenvalue weighted by atomic mass is 10.2. The van der Waals surface area contributed by atoms with E-state index in [1.165, 1.54) is 35.5 Å². The quantitative estimate of drug-likeness (QED) is 0.567. The van der Waals surface area contributed by atoms with E-state index in [0.717, 1.165) is 18.2 Å². The van der Waals surface area contributed by atoms with Gasteiger partial charge in [-0.3, -0.25) is 14.9 Å². The zero-order valence-corrected chi connectivity index (χ0v) is 13.1. The summed E-state index contributed by atoms with van der Waals surface area (Å²) in [7, 11) is 0. The largest absolute Gasteiger partial charge is 0.322 e. The van der Waals surface area contributed by atoms with Crippen molar-refractivity contribution in [1.29, 1.82) is 0 Å². The van der Waals surface area contributed by atoms with Crippen LogP contribution in [0.25, 0.3) is 5.69 Å². The Morgan fingerprint density at radius 3 is 2.68 bits per heavy atom. The van der Waals surface area contributed by atoms with E-state index >= 15 is 0 Å². The average molecular weight is 362 g/mol. The minimum absolute atomic E-state index is 0.0352. The number of amides is 1. The normalized spacial score (nSPS) is 10.5. The standard InChI is InChI=1S/C15H9ClFN5O3/c16-12-6-10(22(24)25)2-3-11(12)15(23)20-9-1-4-14(13(17)5-9)21-8-18-7-19-21/h1-8H,(H,20,23). The SMILES string of the molecule is O=C(Nc1ccc(-n2cncn2)c(F)c1)c1ccc([N+](=O)[O-])cc1Cl. The highest BCUT2D eigenvalue weighted by molar-refractivity contribution is 6.34. The number of nitro groups is 1. The summed E-state index contributed by atoms with van der Waals surface area (Å²) in [5.41, 5.74) is 0.169. The van der Waals surface area contributed by atoms with Gasteiger partial charge < -0.3 is 5.32 Å². The zero-order chi connectivity index (χ0) is 18.0. The van der Waals surface area contributed by atoms with Gasteiger partial charge in [0.1, 0.15) is 18.3 Å². The first-order chi connectivity index (χ1) is 12.0. The highest BCUT2D eigenvalue weighted by atomic mass is 35.5. The van der Waals surface area contributed by atoms with Gasteiger partial charge in [-0.1, -0.05) is 11.6 Å². The molecule has 0 radical (unpaired) electrons. The molecule has 3 rings (SSSR count). The van der Waals surface area contributed by atoms with Crippen LogP contribution in [0.4, 0.5) is 15.8 Å². The van der Waals surface area contributed by atoms with Crippen molar-refractivity contribution < 1.29 is 14.1 Å². The molecule has 0 aliphatic heterocycles. The summed E-state index contributed by atoms with van der Waals surface area (Å²) in [4.78, 5) is 26.0. The number of benzene rings is 2. The average Bonchev–Trinajstić information content (AvgIpc) is 3.08. The number of aromatic nitrogens is 3. The van der Waals surface area contributed by atoms with Gasteiger partial charge in [-0.15, -0.1) is 0 Å². The van der Waals surface area contributed by atoms with Crippen molar-refractivity contribution in [3.8, 4) is 5.69 Å². The molecule has 10 heteroatoms. The Hall–Kier alpha value is -3.33. The fourth-order valence-corrected chi connectivity index (χ4v) is 2.36. The zero-order valence-electron chi connectivity index (χ0n) is 12.4. The van der Waals surface area contributed by atoms with E-state index in [9.17, 15) is 19.3 Å². The van der Waals surface area contributed by atoms with E-state index in [1.807, 2.05) is 0 Å². The second-order valence-electron chi connectivity index (χ2n) is 4.88. The van der Waals surface area contributed by atoms with E-state index < -0.39 is 16.6 Å². The molecule has 1 N–H and O–H groups in total. The van der Waals surface area contributed by atoms with Gasteiger partial charge in [0.25, 0.3) is 11.6 Å². The lowest BCUT2D eigenvalue weighted by Crippen LogP contribution is -2.13. The first-order valence-corrected chi connectivity index (χ1v) is 7.23. The molecule has 8 nitrogen and oxygen atoms in total. The molecule has 0 bridgehead atoms. The fraction of sp³-hybridized carbons (Fsp3) is 0. The summed E-state index contributed by atoms with van der Waals surface area (Å²) in [6.07, 6.45) is 2.61. The van der Waals surface area contributed by atoms with Crippen LogP contribution in [0.2, 0.25) is 5.02 Å². The Kier molecular flexibility index (Phi) is 4.40. The molecule has 1 aromatic heterocycles. The Morgan fingerprint density at radius 1 is 1.28 bits per heavy atom. The van der Waals surface area contributed by atoms with Crippen LogP contribution in [0.5, 0.6) is 0 Å². The number of halogens is 2. The summed E-state index contributed by atoms with van der Waals surface area (Å²) < 4.78 is 15.4. The number of nitro benzene ring substituents is 1. The van der Waals surface area contributed by atoms with Gasteiger partial charge in [0.05, 0.1) is 15.5 Å². The Bertz CT molecular complexity index is 962. The van der Waals surface area contributed by atoms with Crippen LogP contribution in [0, 0.1) is 15.9 Å². The van der Waals surface area contributed by atoms with Crippen LogP contribution in [-0.4, -0.2) is 25.6 Å². The minimum atomic E-state index is -0.619. The molecular formula is C15H9ClFN5O3. The van der Waals surface area contributed by atoms with E-state index in [0.29, 0.717) is 0 Å². The second-order valence-corrected chi connectivity index (χ2v) is 5.29. The number of anilines is 1. The maximum Gasteiger partial charge on any atom is 0.270 e.